The van der Waals surface area contributed by atoms with Crippen LogP contribution in [0.15, 0.2) is 47.6 Å². The number of oxazole rings is 1. The summed E-state index contributed by atoms with van der Waals surface area (Å²) in [5, 5.41) is 9.47. The summed E-state index contributed by atoms with van der Waals surface area (Å²) >= 11 is 5.93. The van der Waals surface area contributed by atoms with Crippen LogP contribution in [0.2, 0.25) is 5.02 Å². The molecule has 0 aliphatic rings. The topological polar surface area (TPSA) is 66.6 Å². The Morgan fingerprint density at radius 2 is 2.33 bits per heavy atom. The molecule has 0 saturated heterocycles. The third kappa shape index (κ3) is 4.44. The average molecular weight is 307 g/mol. The lowest BCUT2D eigenvalue weighted by Crippen LogP contribution is -2.29. The first-order chi connectivity index (χ1) is 10.1. The highest BCUT2D eigenvalue weighted by molar-refractivity contribution is 6.30. The molecule has 0 fully saturated rings. The number of nitrogens with zero attached hydrogens (tertiary/aromatic N) is 2. The molecular weight excluding hydrogens is 292 g/mol. The van der Waals surface area contributed by atoms with Crippen molar-refractivity contribution >= 4 is 17.6 Å². The van der Waals surface area contributed by atoms with Gasteiger partial charge in [0.25, 0.3) is 0 Å². The summed E-state index contributed by atoms with van der Waals surface area (Å²) in [5.74, 6) is -0.434. The largest absolute Gasteiger partial charge is 0.480 e. The van der Waals surface area contributed by atoms with Crippen LogP contribution in [0.1, 0.15) is 5.69 Å². The van der Waals surface area contributed by atoms with E-state index in [1.165, 1.54) is 6.26 Å². The Bertz CT molecular complexity index is 639. The van der Waals surface area contributed by atoms with Gasteiger partial charge in [-0.2, -0.15) is 0 Å². The average Bonchev–Trinajstić information content (AvgIpc) is 2.87. The van der Waals surface area contributed by atoms with Crippen LogP contribution in [0.4, 0.5) is 0 Å². The minimum Gasteiger partial charge on any atom is -0.480 e. The molecule has 0 spiro atoms. The van der Waals surface area contributed by atoms with Gasteiger partial charge in [-0.1, -0.05) is 23.7 Å². The molecule has 2 aromatic rings. The monoisotopic (exact) mass is 306 g/mol. The maximum atomic E-state index is 10.8. The van der Waals surface area contributed by atoms with E-state index in [2.05, 4.69) is 11.6 Å². The van der Waals surface area contributed by atoms with E-state index in [0.717, 1.165) is 5.56 Å². The second kappa shape index (κ2) is 7.06. The van der Waals surface area contributed by atoms with Crippen LogP contribution in [-0.4, -0.2) is 34.0 Å². The molecule has 0 atom stereocenters. The van der Waals surface area contributed by atoms with E-state index < -0.39 is 5.97 Å². The Balaban J connectivity index is 2.11. The number of rotatable bonds is 7. The van der Waals surface area contributed by atoms with Crippen LogP contribution in [0, 0.1) is 0 Å². The molecule has 110 valence electrons. The standard InChI is InChI=1S/C15H15ClN2O3/c1-2-6-18(9-14(19)20)8-13-10-21-15(17-13)11-4-3-5-12(16)7-11/h2-5,7,10H,1,6,8-9H2,(H,19,20). The van der Waals surface area contributed by atoms with Crippen molar-refractivity contribution in [2.45, 2.75) is 6.54 Å². The second-order valence-corrected chi connectivity index (χ2v) is 4.94. The summed E-state index contributed by atoms with van der Waals surface area (Å²) in [6.07, 6.45) is 3.18. The van der Waals surface area contributed by atoms with Crippen LogP contribution in [0.5, 0.6) is 0 Å². The summed E-state index contributed by atoms with van der Waals surface area (Å²) in [7, 11) is 0. The van der Waals surface area contributed by atoms with E-state index in [9.17, 15) is 4.79 Å². The number of aromatic nitrogens is 1. The SMILES string of the molecule is C=CCN(CC(=O)O)Cc1coc(-c2cccc(Cl)c2)n1. The molecule has 21 heavy (non-hydrogen) atoms. The summed E-state index contributed by atoms with van der Waals surface area (Å²) < 4.78 is 5.42. The zero-order valence-corrected chi connectivity index (χ0v) is 12.1. The van der Waals surface area contributed by atoms with E-state index in [-0.39, 0.29) is 6.54 Å². The number of carboxylic acid groups (broad SMARTS) is 1. The molecule has 1 heterocycles. The molecule has 0 aliphatic heterocycles. The minimum atomic E-state index is -0.893. The Morgan fingerprint density at radius 3 is 3.00 bits per heavy atom. The third-order valence-corrected chi connectivity index (χ3v) is 2.99. The first-order valence-electron chi connectivity index (χ1n) is 6.34. The number of carbonyl (C=O) groups is 1. The molecule has 0 amide bonds. The Hall–Kier alpha value is -2.11. The lowest BCUT2D eigenvalue weighted by molar-refractivity contribution is -0.138. The van der Waals surface area contributed by atoms with Crippen molar-refractivity contribution in [2.75, 3.05) is 13.1 Å². The van der Waals surface area contributed by atoms with Crippen molar-refractivity contribution in [3.63, 3.8) is 0 Å². The van der Waals surface area contributed by atoms with E-state index in [4.69, 9.17) is 21.1 Å². The predicted octanol–water partition coefficient (Wildman–Crippen LogP) is 3.07. The van der Waals surface area contributed by atoms with E-state index in [1.807, 2.05) is 12.1 Å². The Kier molecular flexibility index (Phi) is 5.14. The number of hydrogen-bond donors (Lipinski definition) is 1. The second-order valence-electron chi connectivity index (χ2n) is 4.51. The van der Waals surface area contributed by atoms with Gasteiger partial charge in [-0.25, -0.2) is 4.98 Å². The van der Waals surface area contributed by atoms with Gasteiger partial charge in [0.2, 0.25) is 5.89 Å². The van der Waals surface area contributed by atoms with Gasteiger partial charge in [0.15, 0.2) is 0 Å². The van der Waals surface area contributed by atoms with Crippen molar-refractivity contribution < 1.29 is 14.3 Å². The van der Waals surface area contributed by atoms with Gasteiger partial charge in [-0.05, 0) is 18.2 Å². The summed E-state index contributed by atoms with van der Waals surface area (Å²) in [6.45, 7) is 4.38. The van der Waals surface area contributed by atoms with E-state index in [1.54, 1.807) is 23.1 Å². The van der Waals surface area contributed by atoms with Crippen LogP contribution >= 0.6 is 11.6 Å². The van der Waals surface area contributed by atoms with E-state index >= 15 is 0 Å². The van der Waals surface area contributed by atoms with Crippen molar-refractivity contribution in [3.05, 3.63) is 53.9 Å². The third-order valence-electron chi connectivity index (χ3n) is 2.76. The van der Waals surface area contributed by atoms with Gasteiger partial charge in [-0.15, -0.1) is 6.58 Å². The maximum absolute atomic E-state index is 10.8. The van der Waals surface area contributed by atoms with Crippen molar-refractivity contribution in [1.82, 2.24) is 9.88 Å². The fourth-order valence-corrected chi connectivity index (χ4v) is 2.11. The highest BCUT2D eigenvalue weighted by Gasteiger charge is 2.13. The van der Waals surface area contributed by atoms with Crippen LogP contribution in [0.3, 0.4) is 0 Å². The number of aliphatic carboxylic acids is 1. The molecule has 6 heteroatoms. The summed E-state index contributed by atoms with van der Waals surface area (Å²) in [5.41, 5.74) is 1.44. The van der Waals surface area contributed by atoms with Crippen molar-refractivity contribution in [3.8, 4) is 11.5 Å². The zero-order chi connectivity index (χ0) is 15.2. The highest BCUT2D eigenvalue weighted by Crippen LogP contribution is 2.22. The fraction of sp³-hybridized carbons (Fsp3) is 0.200. The lowest BCUT2D eigenvalue weighted by Gasteiger charge is -2.16. The molecule has 5 nitrogen and oxygen atoms in total. The molecule has 0 radical (unpaired) electrons. The molecule has 1 N–H and O–H groups in total. The van der Waals surface area contributed by atoms with Crippen molar-refractivity contribution in [1.29, 1.82) is 0 Å². The minimum absolute atomic E-state index is 0.0780. The van der Waals surface area contributed by atoms with Gasteiger partial charge >= 0.3 is 5.97 Å². The van der Waals surface area contributed by atoms with Gasteiger partial charge in [0, 0.05) is 23.7 Å². The van der Waals surface area contributed by atoms with Gasteiger partial charge in [0.05, 0.1) is 12.2 Å². The quantitative estimate of drug-likeness (QED) is 0.796. The summed E-state index contributed by atoms with van der Waals surface area (Å²) in [4.78, 5) is 16.9. The molecular formula is C15H15ClN2O3. The number of halogens is 1. The number of benzene rings is 1. The number of carboxylic acids is 1. The smallest absolute Gasteiger partial charge is 0.317 e. The fourth-order valence-electron chi connectivity index (χ4n) is 1.92. The molecule has 1 aromatic carbocycles. The first kappa shape index (κ1) is 15.3. The van der Waals surface area contributed by atoms with Gasteiger partial charge in [0.1, 0.15) is 6.26 Å². The first-order valence-corrected chi connectivity index (χ1v) is 6.71. The maximum Gasteiger partial charge on any atom is 0.317 e. The van der Waals surface area contributed by atoms with Gasteiger partial charge < -0.3 is 9.52 Å². The molecule has 0 bridgehead atoms. The molecule has 2 rings (SSSR count). The predicted molar refractivity (Wildman–Crippen MR) is 80.1 cm³/mol. The zero-order valence-electron chi connectivity index (χ0n) is 11.3. The molecule has 0 saturated carbocycles. The van der Waals surface area contributed by atoms with Crippen LogP contribution in [0.25, 0.3) is 11.5 Å². The molecule has 1 aromatic heterocycles. The highest BCUT2D eigenvalue weighted by atomic mass is 35.5. The van der Waals surface area contributed by atoms with Crippen LogP contribution in [-0.2, 0) is 11.3 Å². The lowest BCUT2D eigenvalue weighted by atomic mass is 10.2. The van der Waals surface area contributed by atoms with Crippen molar-refractivity contribution in [2.24, 2.45) is 0 Å². The van der Waals surface area contributed by atoms with E-state index in [0.29, 0.717) is 29.7 Å². The van der Waals surface area contributed by atoms with Gasteiger partial charge in [-0.3, -0.25) is 9.69 Å². The van der Waals surface area contributed by atoms with Crippen LogP contribution < -0.4 is 0 Å². The number of hydrogen-bond acceptors (Lipinski definition) is 4. The normalized spacial score (nSPS) is 10.8. The Labute approximate surface area is 127 Å². The molecule has 0 aliphatic carbocycles. The molecule has 0 unspecified atom stereocenters. The Morgan fingerprint density at radius 1 is 1.52 bits per heavy atom. The summed E-state index contributed by atoms with van der Waals surface area (Å²) in [6, 6.07) is 7.19.